The van der Waals surface area contributed by atoms with E-state index >= 15 is 0 Å². The Kier molecular flexibility index (Phi) is 4.38. The molecular formula is C17H22N6O6. The van der Waals surface area contributed by atoms with Crippen LogP contribution in [0.15, 0.2) is 30.3 Å². The van der Waals surface area contributed by atoms with E-state index in [2.05, 4.69) is 16.0 Å². The Labute approximate surface area is 165 Å². The second kappa shape index (κ2) is 6.56. The van der Waals surface area contributed by atoms with Gasteiger partial charge in [0, 0.05) is 0 Å². The quantitative estimate of drug-likeness (QED) is 0.180. The van der Waals surface area contributed by atoms with Crippen molar-refractivity contribution in [3.8, 4) is 0 Å². The minimum absolute atomic E-state index is 0.172. The maximum atomic E-state index is 12.6. The van der Waals surface area contributed by atoms with Crippen molar-refractivity contribution in [1.82, 2.24) is 20.9 Å². The van der Waals surface area contributed by atoms with Gasteiger partial charge in [0.2, 0.25) is 5.79 Å². The molecule has 0 unspecified atom stereocenters. The number of ether oxygens (including phenoxy) is 1. The van der Waals surface area contributed by atoms with Crippen LogP contribution in [0.3, 0.4) is 0 Å². The number of nitrogens with zero attached hydrogens (tertiary/aromatic N) is 1. The zero-order valence-electron chi connectivity index (χ0n) is 15.2. The molecule has 9 N–H and O–H groups in total. The average molecular weight is 406 g/mol. The van der Waals surface area contributed by atoms with Gasteiger partial charge in [0.05, 0.1) is 30.9 Å². The van der Waals surface area contributed by atoms with Crippen LogP contribution in [0.25, 0.3) is 0 Å². The SMILES string of the molecule is N=C1N[C@H]2[C@H](CO)NC(=N)N3[C@@H](CO)[C@H](OC(=O)c4ccccc4)C(O)(O)[C@]23N1. The first-order chi connectivity index (χ1) is 13.8. The maximum Gasteiger partial charge on any atom is 0.338 e. The molecule has 3 heterocycles. The van der Waals surface area contributed by atoms with Crippen LogP contribution < -0.4 is 16.0 Å². The lowest BCUT2D eigenvalue weighted by atomic mass is 9.85. The number of carbonyl (C=O) groups is 1. The fourth-order valence-corrected chi connectivity index (χ4v) is 4.46. The van der Waals surface area contributed by atoms with Gasteiger partial charge in [-0.2, -0.15) is 0 Å². The van der Waals surface area contributed by atoms with Crippen molar-refractivity contribution in [1.29, 1.82) is 10.8 Å². The van der Waals surface area contributed by atoms with Crippen LogP contribution in [0.5, 0.6) is 0 Å². The van der Waals surface area contributed by atoms with Gasteiger partial charge in [-0.05, 0) is 12.1 Å². The van der Waals surface area contributed by atoms with Crippen LogP contribution in [-0.2, 0) is 4.74 Å². The fraction of sp³-hybridized carbons (Fsp3) is 0.471. The van der Waals surface area contributed by atoms with E-state index in [9.17, 15) is 25.2 Å². The van der Waals surface area contributed by atoms with Crippen LogP contribution in [0.1, 0.15) is 10.4 Å². The van der Waals surface area contributed by atoms with Gasteiger partial charge in [-0.3, -0.25) is 10.8 Å². The molecule has 3 aliphatic heterocycles. The number of hydrogen-bond donors (Lipinski definition) is 9. The largest absolute Gasteiger partial charge is 0.451 e. The molecule has 3 saturated heterocycles. The van der Waals surface area contributed by atoms with Crippen LogP contribution in [0.4, 0.5) is 0 Å². The minimum atomic E-state index is -2.83. The molecule has 0 aromatic heterocycles. The standard InChI is InChI=1S/C17H22N6O6/c18-14-21-11-9(6-24)20-15(19)23-10(7-25)12(17(27,28)16(11,23)22-14)29-13(26)8-4-2-1-3-5-8/h1-5,9-12,24-25,27-28H,6-7H2,(H2,19,20)(H3,18,21,22)/t9-,10-,11-,12-,16-/m0/s1. The Bertz CT molecular complexity index is 850. The third kappa shape index (κ3) is 2.50. The van der Waals surface area contributed by atoms with Gasteiger partial charge in [0.25, 0.3) is 0 Å². The van der Waals surface area contributed by atoms with Crippen molar-refractivity contribution in [3.05, 3.63) is 35.9 Å². The highest BCUT2D eigenvalue weighted by atomic mass is 16.6. The van der Waals surface area contributed by atoms with Crippen LogP contribution in [0.2, 0.25) is 0 Å². The van der Waals surface area contributed by atoms with Crippen molar-refractivity contribution in [2.75, 3.05) is 13.2 Å². The minimum Gasteiger partial charge on any atom is -0.451 e. The second-order valence-electron chi connectivity index (χ2n) is 7.21. The van der Waals surface area contributed by atoms with Crippen molar-refractivity contribution < 1.29 is 30.0 Å². The molecule has 0 amide bonds. The number of aliphatic hydroxyl groups is 4. The lowest BCUT2D eigenvalue weighted by Crippen LogP contribution is -2.81. The molecule has 12 heteroatoms. The summed E-state index contributed by atoms with van der Waals surface area (Å²) in [5.41, 5.74) is -1.76. The first-order valence-electron chi connectivity index (χ1n) is 8.98. The number of esters is 1. The molecule has 12 nitrogen and oxygen atoms in total. The van der Waals surface area contributed by atoms with Gasteiger partial charge in [-0.15, -0.1) is 0 Å². The summed E-state index contributed by atoms with van der Waals surface area (Å²) in [6, 6.07) is 4.88. The fourth-order valence-electron chi connectivity index (χ4n) is 4.46. The van der Waals surface area contributed by atoms with E-state index in [0.717, 1.165) is 4.90 Å². The lowest BCUT2D eigenvalue weighted by Gasteiger charge is -2.51. The third-order valence-corrected chi connectivity index (χ3v) is 5.68. The smallest absolute Gasteiger partial charge is 0.338 e. The summed E-state index contributed by atoms with van der Waals surface area (Å²) in [6.07, 6.45) is -1.66. The molecule has 1 aromatic carbocycles. The molecule has 0 aliphatic carbocycles. The van der Waals surface area contributed by atoms with Gasteiger partial charge < -0.3 is 46.0 Å². The molecular weight excluding hydrogens is 384 g/mol. The van der Waals surface area contributed by atoms with Crippen LogP contribution >= 0.6 is 0 Å². The number of guanidine groups is 2. The van der Waals surface area contributed by atoms with Gasteiger partial charge >= 0.3 is 5.97 Å². The average Bonchev–Trinajstić information content (AvgIpc) is 3.15. The highest BCUT2D eigenvalue weighted by Gasteiger charge is 2.78. The number of benzene rings is 1. The van der Waals surface area contributed by atoms with Crippen LogP contribution in [-0.4, -0.2) is 92.1 Å². The molecule has 1 spiro atoms. The van der Waals surface area contributed by atoms with Crippen molar-refractivity contribution >= 4 is 17.9 Å². The highest BCUT2D eigenvalue weighted by molar-refractivity contribution is 5.90. The molecule has 29 heavy (non-hydrogen) atoms. The third-order valence-electron chi connectivity index (χ3n) is 5.68. The van der Waals surface area contributed by atoms with Gasteiger partial charge in [0.1, 0.15) is 6.04 Å². The van der Waals surface area contributed by atoms with Gasteiger partial charge in [-0.25, -0.2) is 4.79 Å². The summed E-state index contributed by atoms with van der Waals surface area (Å²) < 4.78 is 5.40. The first kappa shape index (κ1) is 19.4. The summed E-state index contributed by atoms with van der Waals surface area (Å²) in [5, 5.41) is 66.3. The van der Waals surface area contributed by atoms with Crippen molar-refractivity contribution in [2.45, 2.75) is 35.7 Å². The number of aliphatic hydroxyl groups excluding tert-OH is 2. The van der Waals surface area contributed by atoms with E-state index in [1.807, 2.05) is 0 Å². The first-order valence-corrected chi connectivity index (χ1v) is 8.98. The molecule has 4 rings (SSSR count). The van der Waals surface area contributed by atoms with Crippen LogP contribution in [0, 0.1) is 10.8 Å². The monoisotopic (exact) mass is 406 g/mol. The zero-order valence-corrected chi connectivity index (χ0v) is 15.2. The Hall–Kier alpha value is -2.93. The lowest BCUT2D eigenvalue weighted by molar-refractivity contribution is -0.259. The zero-order chi connectivity index (χ0) is 21.0. The summed E-state index contributed by atoms with van der Waals surface area (Å²) in [5.74, 6) is -4.26. The van der Waals surface area contributed by atoms with E-state index in [4.69, 9.17) is 15.6 Å². The molecule has 5 atom stereocenters. The van der Waals surface area contributed by atoms with E-state index in [1.54, 1.807) is 18.2 Å². The number of rotatable bonds is 4. The molecule has 0 bridgehead atoms. The number of hydrogen-bond acceptors (Lipinski definition) is 8. The summed E-state index contributed by atoms with van der Waals surface area (Å²) in [6.45, 7) is -1.15. The molecule has 3 aliphatic rings. The number of carbonyl (C=O) groups excluding carboxylic acids is 1. The van der Waals surface area contributed by atoms with E-state index in [-0.39, 0.29) is 17.5 Å². The summed E-state index contributed by atoms with van der Waals surface area (Å²) >= 11 is 0. The Balaban J connectivity index is 1.78. The van der Waals surface area contributed by atoms with Crippen molar-refractivity contribution in [2.24, 2.45) is 0 Å². The molecule has 0 radical (unpaired) electrons. The second-order valence-corrected chi connectivity index (χ2v) is 7.21. The molecule has 3 fully saturated rings. The molecule has 0 saturated carbocycles. The Morgan fingerprint density at radius 2 is 1.83 bits per heavy atom. The Morgan fingerprint density at radius 3 is 2.45 bits per heavy atom. The summed E-state index contributed by atoms with van der Waals surface area (Å²) in [4.78, 5) is 13.7. The predicted molar refractivity (Wildman–Crippen MR) is 97.8 cm³/mol. The van der Waals surface area contributed by atoms with Gasteiger partial charge in [0.15, 0.2) is 23.7 Å². The van der Waals surface area contributed by atoms with E-state index < -0.39 is 54.9 Å². The summed E-state index contributed by atoms with van der Waals surface area (Å²) in [7, 11) is 0. The molecule has 1 aromatic rings. The Morgan fingerprint density at radius 1 is 1.14 bits per heavy atom. The normalized spacial score (nSPS) is 34.6. The van der Waals surface area contributed by atoms with Gasteiger partial charge in [-0.1, -0.05) is 18.2 Å². The van der Waals surface area contributed by atoms with E-state index in [1.165, 1.54) is 12.1 Å². The van der Waals surface area contributed by atoms with Crippen molar-refractivity contribution in [3.63, 3.8) is 0 Å². The highest BCUT2D eigenvalue weighted by Crippen LogP contribution is 2.47. The predicted octanol–water partition coefficient (Wildman–Crippen LogP) is -3.34. The topological polar surface area (TPSA) is 194 Å². The molecule has 156 valence electrons. The number of nitrogens with one attached hydrogen (secondary N) is 5. The van der Waals surface area contributed by atoms with E-state index in [0.29, 0.717) is 0 Å². The maximum absolute atomic E-state index is 12.6.